The number of aryl methyl sites for hydroxylation is 2. The number of halogens is 1. The molecule has 1 amide bonds. The van der Waals surface area contributed by atoms with E-state index in [2.05, 4.69) is 26.4 Å². The number of carbonyl (C=O) groups excluding carboxylic acids is 1. The Balaban J connectivity index is 1.47. The molecule has 0 aliphatic heterocycles. The fraction of sp³-hybridized carbons (Fsp3) is 0.238. The van der Waals surface area contributed by atoms with Crippen molar-refractivity contribution in [1.29, 1.82) is 0 Å². The number of amides is 1. The first-order valence-electron chi connectivity index (χ1n) is 9.38. The largest absolute Gasteiger partial charge is 0.436 e. The van der Waals surface area contributed by atoms with E-state index in [1.54, 1.807) is 20.0 Å². The highest BCUT2D eigenvalue weighted by Gasteiger charge is 2.24. The minimum absolute atomic E-state index is 0.134. The van der Waals surface area contributed by atoms with Crippen molar-refractivity contribution in [2.75, 3.05) is 5.32 Å². The lowest BCUT2D eigenvalue weighted by atomic mass is 10.2. The van der Waals surface area contributed by atoms with Crippen LogP contribution in [-0.4, -0.2) is 25.7 Å². The molecule has 1 fully saturated rings. The Bertz CT molecular complexity index is 1260. The maximum absolute atomic E-state index is 14.5. The van der Waals surface area contributed by atoms with E-state index in [1.807, 2.05) is 6.20 Å². The van der Waals surface area contributed by atoms with Gasteiger partial charge in [-0.2, -0.15) is 0 Å². The van der Waals surface area contributed by atoms with Crippen molar-refractivity contribution < 1.29 is 13.6 Å². The lowest BCUT2D eigenvalue weighted by Crippen LogP contribution is -2.13. The van der Waals surface area contributed by atoms with Crippen LogP contribution in [0.15, 0.2) is 41.1 Å². The zero-order valence-electron chi connectivity index (χ0n) is 15.9. The Hall–Kier alpha value is -3.55. The van der Waals surface area contributed by atoms with Crippen LogP contribution in [0.25, 0.3) is 16.7 Å². The van der Waals surface area contributed by atoms with Gasteiger partial charge in [-0.15, -0.1) is 5.10 Å². The summed E-state index contributed by atoms with van der Waals surface area (Å²) >= 11 is 0. The molecule has 1 aliphatic rings. The molecule has 3 heterocycles. The maximum atomic E-state index is 14.5. The van der Waals surface area contributed by atoms with Crippen molar-refractivity contribution in [2.24, 2.45) is 0 Å². The number of aromatic nitrogens is 4. The van der Waals surface area contributed by atoms with Crippen LogP contribution in [-0.2, 0) is 0 Å². The zero-order valence-corrected chi connectivity index (χ0v) is 15.9. The summed E-state index contributed by atoms with van der Waals surface area (Å²) in [5, 5.41) is 7.96. The smallest absolute Gasteiger partial charge is 0.293 e. The molecule has 0 spiro atoms. The lowest BCUT2D eigenvalue weighted by Gasteiger charge is -2.08. The van der Waals surface area contributed by atoms with Gasteiger partial charge >= 0.3 is 0 Å². The number of hydrogen-bond donors (Lipinski definition) is 1. The van der Waals surface area contributed by atoms with Gasteiger partial charge in [0.25, 0.3) is 5.91 Å². The molecule has 7 nitrogen and oxygen atoms in total. The first-order chi connectivity index (χ1) is 14.0. The third kappa shape index (κ3) is 3.26. The second-order valence-electron chi connectivity index (χ2n) is 7.30. The van der Waals surface area contributed by atoms with Crippen LogP contribution >= 0.6 is 0 Å². The van der Waals surface area contributed by atoms with E-state index in [4.69, 9.17) is 4.42 Å². The molecular weight excluding hydrogens is 373 g/mol. The van der Waals surface area contributed by atoms with E-state index in [1.165, 1.54) is 41.3 Å². The molecule has 0 bridgehead atoms. The molecule has 4 aromatic rings. The molecule has 0 atom stereocenters. The number of pyridine rings is 1. The van der Waals surface area contributed by atoms with Gasteiger partial charge in [-0.1, -0.05) is 0 Å². The van der Waals surface area contributed by atoms with Gasteiger partial charge in [0.1, 0.15) is 11.5 Å². The minimum Gasteiger partial charge on any atom is -0.436 e. The Morgan fingerprint density at radius 1 is 1.28 bits per heavy atom. The number of hydrogen-bond acceptors (Lipinski definition) is 5. The Labute approximate surface area is 165 Å². The molecule has 29 heavy (non-hydrogen) atoms. The molecule has 0 saturated heterocycles. The van der Waals surface area contributed by atoms with E-state index >= 15 is 0 Å². The normalized spacial score (nSPS) is 13.8. The zero-order chi connectivity index (χ0) is 20.1. The minimum atomic E-state index is -0.454. The van der Waals surface area contributed by atoms with Crippen LogP contribution in [0.5, 0.6) is 0 Å². The number of anilines is 1. The molecule has 0 radical (unpaired) electrons. The first kappa shape index (κ1) is 17.5. The molecule has 1 N–H and O–H groups in total. The summed E-state index contributed by atoms with van der Waals surface area (Å²) in [4.78, 5) is 20.9. The van der Waals surface area contributed by atoms with E-state index in [-0.39, 0.29) is 11.4 Å². The van der Waals surface area contributed by atoms with Gasteiger partial charge in [0.2, 0.25) is 5.76 Å². The number of carbonyl (C=O) groups is 1. The highest BCUT2D eigenvalue weighted by molar-refractivity contribution is 6.03. The average Bonchev–Trinajstić information content (AvgIpc) is 3.37. The SMILES string of the molecule is Cc1nc(C)c(C(=O)Nc2ccc(F)c(-n3cc4cc(C5CC5)cnc4n3)c2)o1. The summed E-state index contributed by atoms with van der Waals surface area (Å²) in [5.41, 5.74) is 2.88. The summed E-state index contributed by atoms with van der Waals surface area (Å²) in [6.07, 6.45) is 5.96. The summed E-state index contributed by atoms with van der Waals surface area (Å²) < 4.78 is 21.3. The van der Waals surface area contributed by atoms with Gasteiger partial charge in [-0.05, 0) is 55.5 Å². The summed E-state index contributed by atoms with van der Waals surface area (Å²) in [7, 11) is 0. The van der Waals surface area contributed by atoms with E-state index in [0.29, 0.717) is 28.8 Å². The number of benzene rings is 1. The van der Waals surface area contributed by atoms with Crippen molar-refractivity contribution in [3.8, 4) is 5.69 Å². The molecule has 1 aromatic carbocycles. The van der Waals surface area contributed by atoms with Gasteiger partial charge in [0, 0.05) is 30.4 Å². The van der Waals surface area contributed by atoms with Crippen LogP contribution in [0.4, 0.5) is 10.1 Å². The van der Waals surface area contributed by atoms with E-state index < -0.39 is 11.7 Å². The second-order valence-corrected chi connectivity index (χ2v) is 7.30. The third-order valence-electron chi connectivity index (χ3n) is 4.99. The van der Waals surface area contributed by atoms with Crippen molar-refractivity contribution in [3.63, 3.8) is 0 Å². The number of oxazole rings is 1. The fourth-order valence-electron chi connectivity index (χ4n) is 3.39. The molecule has 1 aliphatic carbocycles. The van der Waals surface area contributed by atoms with Crippen LogP contribution in [0, 0.1) is 19.7 Å². The molecule has 3 aromatic heterocycles. The van der Waals surface area contributed by atoms with Crippen LogP contribution in [0.1, 0.15) is 46.5 Å². The quantitative estimate of drug-likeness (QED) is 0.561. The molecule has 1 saturated carbocycles. The van der Waals surface area contributed by atoms with Crippen LogP contribution < -0.4 is 5.32 Å². The predicted molar refractivity (Wildman–Crippen MR) is 105 cm³/mol. The van der Waals surface area contributed by atoms with Gasteiger partial charge in [-0.25, -0.2) is 19.0 Å². The lowest BCUT2D eigenvalue weighted by molar-refractivity contribution is 0.0994. The summed E-state index contributed by atoms with van der Waals surface area (Å²) in [5.74, 6) is 0.226. The van der Waals surface area contributed by atoms with Crippen molar-refractivity contribution in [1.82, 2.24) is 19.7 Å². The monoisotopic (exact) mass is 391 g/mol. The van der Waals surface area contributed by atoms with E-state index in [9.17, 15) is 9.18 Å². The highest BCUT2D eigenvalue weighted by Crippen LogP contribution is 2.40. The summed E-state index contributed by atoms with van der Waals surface area (Å²) in [6.45, 7) is 3.37. The number of rotatable bonds is 4. The van der Waals surface area contributed by atoms with Crippen molar-refractivity contribution >= 4 is 22.6 Å². The van der Waals surface area contributed by atoms with Crippen molar-refractivity contribution in [3.05, 3.63) is 65.4 Å². The number of fused-ring (bicyclic) bond motifs is 1. The van der Waals surface area contributed by atoms with Gasteiger partial charge in [-0.3, -0.25) is 4.79 Å². The van der Waals surface area contributed by atoms with Crippen LogP contribution in [0.2, 0.25) is 0 Å². The third-order valence-corrected chi connectivity index (χ3v) is 4.99. The first-order valence-corrected chi connectivity index (χ1v) is 9.38. The van der Waals surface area contributed by atoms with Gasteiger partial charge in [0.05, 0.1) is 5.69 Å². The Kier molecular flexibility index (Phi) is 3.94. The molecule has 5 rings (SSSR count). The topological polar surface area (TPSA) is 85.8 Å². The number of nitrogens with one attached hydrogen (secondary N) is 1. The number of nitrogens with zero attached hydrogens (tertiary/aromatic N) is 4. The van der Waals surface area contributed by atoms with Crippen LogP contribution in [0.3, 0.4) is 0 Å². The average molecular weight is 391 g/mol. The van der Waals surface area contributed by atoms with Gasteiger partial charge < -0.3 is 9.73 Å². The Morgan fingerprint density at radius 2 is 2.10 bits per heavy atom. The highest BCUT2D eigenvalue weighted by atomic mass is 19.1. The molecular formula is C21H18FN5O2. The molecule has 146 valence electrons. The van der Waals surface area contributed by atoms with Crippen molar-refractivity contribution in [2.45, 2.75) is 32.6 Å². The van der Waals surface area contributed by atoms with Gasteiger partial charge in [0.15, 0.2) is 11.5 Å². The summed E-state index contributed by atoms with van der Waals surface area (Å²) in [6, 6.07) is 6.36. The maximum Gasteiger partial charge on any atom is 0.293 e. The predicted octanol–water partition coefficient (Wildman–Crippen LogP) is 4.29. The second kappa shape index (κ2) is 6.51. The fourth-order valence-corrected chi connectivity index (χ4v) is 3.39. The molecule has 0 unspecified atom stereocenters. The van der Waals surface area contributed by atoms with E-state index in [0.717, 1.165) is 5.39 Å². The Morgan fingerprint density at radius 3 is 2.83 bits per heavy atom. The molecule has 8 heteroatoms. The standard InChI is InChI=1S/C21H18FN5O2/c1-11-19(29-12(2)24-11)21(28)25-16-5-6-17(22)18(8-16)27-10-15-7-14(13-3-4-13)9-23-20(15)26-27/h5-10,13H,3-4H2,1-2H3,(H,25,28).